The number of rotatable bonds is 4. The van der Waals surface area contributed by atoms with Crippen LogP contribution in [0.2, 0.25) is 0 Å². The van der Waals surface area contributed by atoms with Gasteiger partial charge in [-0.25, -0.2) is 0 Å². The minimum atomic E-state index is -0.647. The van der Waals surface area contributed by atoms with Gasteiger partial charge in [-0.3, -0.25) is 4.21 Å². The largest absolute Gasteiger partial charge is 0.385 e. The second kappa shape index (κ2) is 5.25. The molecule has 0 spiro atoms. The number of hydrogen-bond acceptors (Lipinski definition) is 2. The van der Waals surface area contributed by atoms with E-state index in [4.69, 9.17) is 4.74 Å². The third kappa shape index (κ3) is 6.11. The van der Waals surface area contributed by atoms with Crippen LogP contribution in [0.15, 0.2) is 0 Å². The molecule has 0 rings (SSSR count). The second-order valence-corrected chi connectivity index (χ2v) is 3.18. The fourth-order valence-corrected chi connectivity index (χ4v) is 0.931. The molecule has 2 nitrogen and oxygen atoms in total. The van der Waals surface area contributed by atoms with Crippen LogP contribution in [0.4, 0.5) is 0 Å². The third-order valence-corrected chi connectivity index (χ3v) is 1.64. The Kier molecular flexibility index (Phi) is 5.32. The molecular weight excluding hydrogens is 124 g/mol. The van der Waals surface area contributed by atoms with Gasteiger partial charge in [0, 0.05) is 36.5 Å². The molecule has 0 aromatic heterocycles. The normalized spacial score (nSPS) is 13.8. The maximum Gasteiger partial charge on any atom is 0.0471 e. The number of hydrogen-bond donors (Lipinski definition) is 0. The molecule has 3 heteroatoms. The van der Waals surface area contributed by atoms with Crippen LogP contribution in [0.25, 0.3) is 0 Å². The SMILES string of the molecule is COCCCS(C)=O. The molecule has 0 amide bonds. The first-order valence-electron chi connectivity index (χ1n) is 2.56. The first-order chi connectivity index (χ1) is 3.77. The van der Waals surface area contributed by atoms with E-state index < -0.39 is 10.8 Å². The fourth-order valence-electron chi connectivity index (χ4n) is 0.407. The summed E-state index contributed by atoms with van der Waals surface area (Å²) in [7, 11) is 1.00. The van der Waals surface area contributed by atoms with E-state index in [0.717, 1.165) is 18.8 Å². The lowest BCUT2D eigenvalue weighted by atomic mass is 10.5. The topological polar surface area (TPSA) is 26.3 Å². The van der Waals surface area contributed by atoms with Crippen molar-refractivity contribution in [1.82, 2.24) is 0 Å². The summed E-state index contributed by atoms with van der Waals surface area (Å²) >= 11 is 0. The van der Waals surface area contributed by atoms with E-state index in [0.29, 0.717) is 0 Å². The predicted octanol–water partition coefficient (Wildman–Crippen LogP) is 0.401. The lowest BCUT2D eigenvalue weighted by Gasteiger charge is -1.93. The van der Waals surface area contributed by atoms with Gasteiger partial charge in [-0.2, -0.15) is 0 Å². The Labute approximate surface area is 52.7 Å². The van der Waals surface area contributed by atoms with Crippen molar-refractivity contribution in [2.75, 3.05) is 25.7 Å². The van der Waals surface area contributed by atoms with Crippen LogP contribution in [0, 0.1) is 0 Å². The minimum absolute atomic E-state index is 0.647. The Hall–Kier alpha value is 0.110. The van der Waals surface area contributed by atoms with Gasteiger partial charge in [0.1, 0.15) is 0 Å². The lowest BCUT2D eigenvalue weighted by Crippen LogP contribution is -1.98. The summed E-state index contributed by atoms with van der Waals surface area (Å²) < 4.78 is 15.1. The van der Waals surface area contributed by atoms with Crippen LogP contribution in [0.1, 0.15) is 6.42 Å². The molecule has 0 N–H and O–H groups in total. The first kappa shape index (κ1) is 8.11. The van der Waals surface area contributed by atoms with Crippen LogP contribution >= 0.6 is 0 Å². The van der Waals surface area contributed by atoms with Crippen molar-refractivity contribution in [3.05, 3.63) is 0 Å². The maximum atomic E-state index is 10.4. The van der Waals surface area contributed by atoms with Crippen molar-refractivity contribution in [3.8, 4) is 0 Å². The van der Waals surface area contributed by atoms with Crippen LogP contribution in [0.5, 0.6) is 0 Å². The van der Waals surface area contributed by atoms with Gasteiger partial charge in [-0.15, -0.1) is 0 Å². The van der Waals surface area contributed by atoms with Crippen molar-refractivity contribution < 1.29 is 8.95 Å². The Morgan fingerprint density at radius 1 is 1.62 bits per heavy atom. The van der Waals surface area contributed by atoms with E-state index >= 15 is 0 Å². The van der Waals surface area contributed by atoms with E-state index in [9.17, 15) is 4.21 Å². The standard InChI is InChI=1S/C5H12O2S/c1-7-4-3-5-8(2)6/h3-5H2,1-2H3. The molecule has 0 heterocycles. The summed E-state index contributed by atoms with van der Waals surface area (Å²) in [6.07, 6.45) is 2.61. The monoisotopic (exact) mass is 136 g/mol. The van der Waals surface area contributed by atoms with Crippen molar-refractivity contribution in [2.45, 2.75) is 6.42 Å². The zero-order chi connectivity index (χ0) is 6.41. The highest BCUT2D eigenvalue weighted by Crippen LogP contribution is 1.82. The Morgan fingerprint density at radius 2 is 2.25 bits per heavy atom. The molecular formula is C5H12O2S. The fraction of sp³-hybridized carbons (Fsp3) is 1.00. The zero-order valence-corrected chi connectivity index (χ0v) is 6.16. The average molecular weight is 136 g/mol. The third-order valence-electron chi connectivity index (χ3n) is 0.780. The first-order valence-corrected chi connectivity index (χ1v) is 4.29. The molecule has 0 aliphatic carbocycles. The van der Waals surface area contributed by atoms with Crippen LogP contribution < -0.4 is 0 Å². The summed E-state index contributed by atoms with van der Waals surface area (Å²) in [5.74, 6) is 0.758. The summed E-state index contributed by atoms with van der Waals surface area (Å²) in [4.78, 5) is 0. The van der Waals surface area contributed by atoms with Crippen LogP contribution in [-0.2, 0) is 15.5 Å². The van der Waals surface area contributed by atoms with Gasteiger partial charge in [0.2, 0.25) is 0 Å². The Bertz CT molecular complexity index is 72.8. The van der Waals surface area contributed by atoms with Crippen molar-refractivity contribution in [1.29, 1.82) is 0 Å². The van der Waals surface area contributed by atoms with Gasteiger partial charge in [-0.1, -0.05) is 0 Å². The molecule has 0 aromatic rings. The highest BCUT2D eigenvalue weighted by Gasteiger charge is 1.88. The Balaban J connectivity index is 2.82. The van der Waals surface area contributed by atoms with E-state index in [1.165, 1.54) is 0 Å². The van der Waals surface area contributed by atoms with Gasteiger partial charge < -0.3 is 4.74 Å². The molecule has 0 bridgehead atoms. The lowest BCUT2D eigenvalue weighted by molar-refractivity contribution is 0.200. The highest BCUT2D eigenvalue weighted by atomic mass is 32.2. The molecule has 1 atom stereocenters. The molecule has 0 fully saturated rings. The van der Waals surface area contributed by atoms with Gasteiger partial charge in [-0.05, 0) is 6.42 Å². The summed E-state index contributed by atoms with van der Waals surface area (Å²) in [5.41, 5.74) is 0. The molecule has 0 saturated carbocycles. The molecule has 0 aromatic carbocycles. The van der Waals surface area contributed by atoms with Gasteiger partial charge >= 0.3 is 0 Å². The molecule has 0 aliphatic heterocycles. The highest BCUT2D eigenvalue weighted by molar-refractivity contribution is 7.84. The number of ether oxygens (including phenoxy) is 1. The van der Waals surface area contributed by atoms with Crippen molar-refractivity contribution in [2.24, 2.45) is 0 Å². The number of methoxy groups -OCH3 is 1. The van der Waals surface area contributed by atoms with Gasteiger partial charge in [0.25, 0.3) is 0 Å². The van der Waals surface area contributed by atoms with Crippen molar-refractivity contribution in [3.63, 3.8) is 0 Å². The molecule has 0 radical (unpaired) electrons. The smallest absolute Gasteiger partial charge is 0.0471 e. The minimum Gasteiger partial charge on any atom is -0.385 e. The summed E-state index contributed by atoms with van der Waals surface area (Å²) in [6, 6.07) is 0. The molecule has 0 aliphatic rings. The molecule has 50 valence electrons. The molecule has 8 heavy (non-hydrogen) atoms. The molecule has 0 saturated heterocycles. The predicted molar refractivity (Wildman–Crippen MR) is 35.4 cm³/mol. The van der Waals surface area contributed by atoms with E-state index in [2.05, 4.69) is 0 Å². The Morgan fingerprint density at radius 3 is 2.62 bits per heavy atom. The van der Waals surface area contributed by atoms with E-state index in [1.54, 1.807) is 13.4 Å². The molecule has 1 unspecified atom stereocenters. The van der Waals surface area contributed by atoms with E-state index in [1.807, 2.05) is 0 Å². The van der Waals surface area contributed by atoms with Gasteiger partial charge in [0.05, 0.1) is 0 Å². The summed E-state index contributed by atoms with van der Waals surface area (Å²) in [6.45, 7) is 0.722. The van der Waals surface area contributed by atoms with Crippen LogP contribution in [-0.4, -0.2) is 29.9 Å². The quantitative estimate of drug-likeness (QED) is 0.523. The second-order valence-electron chi connectivity index (χ2n) is 1.62. The van der Waals surface area contributed by atoms with E-state index in [-0.39, 0.29) is 0 Å². The van der Waals surface area contributed by atoms with Crippen molar-refractivity contribution >= 4 is 10.8 Å². The van der Waals surface area contributed by atoms with Crippen LogP contribution in [0.3, 0.4) is 0 Å². The average Bonchev–Trinajstić information content (AvgIpc) is 1.66. The maximum absolute atomic E-state index is 10.4. The zero-order valence-electron chi connectivity index (χ0n) is 5.35. The van der Waals surface area contributed by atoms with Gasteiger partial charge in [0.15, 0.2) is 0 Å². The summed E-state index contributed by atoms with van der Waals surface area (Å²) in [5, 5.41) is 0.